The molecule has 0 saturated heterocycles. The Morgan fingerprint density at radius 1 is 1.44 bits per heavy atom. The molecule has 0 bridgehead atoms. The Bertz CT molecular complexity index is 353. The number of aromatic nitrogens is 2. The fourth-order valence-corrected chi connectivity index (χ4v) is 1.96. The molecule has 3 nitrogen and oxygen atoms in total. The molecule has 0 aliphatic heterocycles. The summed E-state index contributed by atoms with van der Waals surface area (Å²) in [6.45, 7) is 10.1. The summed E-state index contributed by atoms with van der Waals surface area (Å²) in [5.74, 6) is 2.37. The van der Waals surface area contributed by atoms with Crippen LogP contribution < -0.4 is 5.32 Å². The van der Waals surface area contributed by atoms with E-state index in [-0.39, 0.29) is 0 Å². The molecule has 16 heavy (non-hydrogen) atoms. The lowest BCUT2D eigenvalue weighted by molar-refractivity contribution is 0.269. The maximum absolute atomic E-state index is 4.53. The Morgan fingerprint density at radius 2 is 2.12 bits per heavy atom. The minimum absolute atomic E-state index is 0.297. The zero-order valence-electron chi connectivity index (χ0n) is 10.6. The van der Waals surface area contributed by atoms with Crippen molar-refractivity contribution in [3.05, 3.63) is 5.82 Å². The Morgan fingerprint density at radius 3 is 2.69 bits per heavy atom. The number of hydrogen-bond donors (Lipinski definition) is 1. The van der Waals surface area contributed by atoms with Crippen LogP contribution in [0.5, 0.6) is 0 Å². The number of nitrogens with zero attached hydrogens (tertiary/aromatic N) is 2. The van der Waals surface area contributed by atoms with Crippen LogP contribution in [0.1, 0.15) is 52.3 Å². The van der Waals surface area contributed by atoms with Gasteiger partial charge in [0.05, 0.1) is 0 Å². The lowest BCUT2D eigenvalue weighted by Crippen LogP contribution is -2.28. The molecule has 0 unspecified atom stereocenters. The van der Waals surface area contributed by atoms with Crippen LogP contribution in [0.3, 0.4) is 0 Å². The first-order valence-electron chi connectivity index (χ1n) is 6.06. The van der Waals surface area contributed by atoms with Gasteiger partial charge in [-0.1, -0.05) is 27.7 Å². The van der Waals surface area contributed by atoms with Gasteiger partial charge >= 0.3 is 0 Å². The van der Waals surface area contributed by atoms with Crippen LogP contribution in [0.2, 0.25) is 0 Å². The van der Waals surface area contributed by atoms with Crippen LogP contribution in [0.25, 0.3) is 0 Å². The molecule has 1 aliphatic rings. The monoisotopic (exact) mass is 239 g/mol. The molecule has 0 spiro atoms. The largest absolute Gasteiger partial charge is 0.360 e. The van der Waals surface area contributed by atoms with Crippen molar-refractivity contribution < 1.29 is 0 Å². The van der Waals surface area contributed by atoms with Crippen molar-refractivity contribution in [2.45, 2.75) is 46.5 Å². The van der Waals surface area contributed by atoms with Crippen LogP contribution in [-0.4, -0.2) is 15.9 Å². The molecule has 1 saturated carbocycles. The van der Waals surface area contributed by atoms with Crippen LogP contribution in [0.15, 0.2) is 0 Å². The SMILES string of the molecule is CC(C)C(C)(C)CNc1nc(C2CC2)ns1. The maximum atomic E-state index is 4.53. The van der Waals surface area contributed by atoms with E-state index in [1.807, 2.05) is 0 Å². The Hall–Kier alpha value is -0.640. The summed E-state index contributed by atoms with van der Waals surface area (Å²) in [5.41, 5.74) is 0.297. The average molecular weight is 239 g/mol. The van der Waals surface area contributed by atoms with Gasteiger partial charge in [-0.05, 0) is 24.2 Å². The van der Waals surface area contributed by atoms with Crippen molar-refractivity contribution in [2.75, 3.05) is 11.9 Å². The van der Waals surface area contributed by atoms with Crippen molar-refractivity contribution in [2.24, 2.45) is 11.3 Å². The molecule has 4 heteroatoms. The first-order valence-corrected chi connectivity index (χ1v) is 6.84. The molecule has 0 aromatic carbocycles. The van der Waals surface area contributed by atoms with E-state index in [9.17, 15) is 0 Å². The van der Waals surface area contributed by atoms with E-state index in [1.54, 1.807) is 0 Å². The second-order valence-corrected chi connectivity index (χ2v) is 6.48. The van der Waals surface area contributed by atoms with Crippen molar-refractivity contribution in [1.82, 2.24) is 9.36 Å². The van der Waals surface area contributed by atoms with E-state index in [2.05, 4.69) is 42.4 Å². The zero-order chi connectivity index (χ0) is 11.8. The predicted molar refractivity (Wildman–Crippen MR) is 69.0 cm³/mol. The van der Waals surface area contributed by atoms with Gasteiger partial charge in [0, 0.05) is 24.0 Å². The average Bonchev–Trinajstić information content (AvgIpc) is 2.95. The summed E-state index contributed by atoms with van der Waals surface area (Å²) in [5, 5.41) is 4.40. The summed E-state index contributed by atoms with van der Waals surface area (Å²) < 4.78 is 4.39. The summed E-state index contributed by atoms with van der Waals surface area (Å²) >= 11 is 1.50. The standard InChI is InChI=1S/C12H21N3S/c1-8(2)12(3,4)7-13-11-14-10(15-16-11)9-5-6-9/h8-9H,5-7H2,1-4H3,(H,13,14,15). The maximum Gasteiger partial charge on any atom is 0.202 e. The van der Waals surface area contributed by atoms with Crippen LogP contribution in [-0.2, 0) is 0 Å². The lowest BCUT2D eigenvalue weighted by Gasteiger charge is -2.29. The molecule has 0 amide bonds. The summed E-state index contributed by atoms with van der Waals surface area (Å²) in [4.78, 5) is 4.53. The van der Waals surface area contributed by atoms with Crippen LogP contribution >= 0.6 is 11.5 Å². The zero-order valence-corrected chi connectivity index (χ0v) is 11.4. The summed E-state index contributed by atoms with van der Waals surface area (Å²) in [6.07, 6.45) is 2.54. The summed E-state index contributed by atoms with van der Waals surface area (Å²) in [7, 11) is 0. The van der Waals surface area contributed by atoms with Gasteiger partial charge < -0.3 is 5.32 Å². The number of nitrogens with one attached hydrogen (secondary N) is 1. The van der Waals surface area contributed by atoms with E-state index in [0.717, 1.165) is 17.5 Å². The molecular formula is C12H21N3S. The number of anilines is 1. The third-order valence-electron chi connectivity index (χ3n) is 3.64. The molecule has 2 rings (SSSR count). The summed E-state index contributed by atoms with van der Waals surface area (Å²) in [6, 6.07) is 0. The van der Waals surface area contributed by atoms with Gasteiger partial charge in [0.2, 0.25) is 5.13 Å². The van der Waals surface area contributed by atoms with E-state index < -0.39 is 0 Å². The highest BCUT2D eigenvalue weighted by Gasteiger charge is 2.28. The van der Waals surface area contributed by atoms with Gasteiger partial charge in [-0.25, -0.2) is 4.98 Å². The number of hydrogen-bond acceptors (Lipinski definition) is 4. The fraction of sp³-hybridized carbons (Fsp3) is 0.833. The highest BCUT2D eigenvalue weighted by Crippen LogP contribution is 2.39. The van der Waals surface area contributed by atoms with Gasteiger partial charge in [0.15, 0.2) is 0 Å². The quantitative estimate of drug-likeness (QED) is 0.854. The van der Waals surface area contributed by atoms with Crippen LogP contribution in [0.4, 0.5) is 5.13 Å². The molecule has 1 N–H and O–H groups in total. The molecule has 1 aromatic rings. The van der Waals surface area contributed by atoms with Crippen LogP contribution in [0, 0.1) is 11.3 Å². The highest BCUT2D eigenvalue weighted by atomic mass is 32.1. The normalized spacial score (nSPS) is 16.8. The van der Waals surface area contributed by atoms with Gasteiger partial charge in [-0.15, -0.1) is 0 Å². The Balaban J connectivity index is 1.89. The van der Waals surface area contributed by atoms with E-state index >= 15 is 0 Å². The van der Waals surface area contributed by atoms with Gasteiger partial charge in [0.1, 0.15) is 5.82 Å². The second kappa shape index (κ2) is 4.32. The Kier molecular flexibility index (Phi) is 3.19. The molecule has 0 radical (unpaired) electrons. The van der Waals surface area contributed by atoms with Gasteiger partial charge in [0.25, 0.3) is 0 Å². The van der Waals surface area contributed by atoms with Crippen molar-refractivity contribution in [1.29, 1.82) is 0 Å². The first kappa shape index (κ1) is 11.8. The Labute approximate surface area is 102 Å². The second-order valence-electron chi connectivity index (χ2n) is 5.73. The minimum Gasteiger partial charge on any atom is -0.360 e. The number of rotatable bonds is 5. The highest BCUT2D eigenvalue weighted by molar-refractivity contribution is 7.09. The minimum atomic E-state index is 0.297. The molecular weight excluding hydrogens is 218 g/mol. The topological polar surface area (TPSA) is 37.8 Å². The third-order valence-corrected chi connectivity index (χ3v) is 4.33. The van der Waals surface area contributed by atoms with Crippen molar-refractivity contribution in [3.63, 3.8) is 0 Å². The fourth-order valence-electron chi connectivity index (χ4n) is 1.32. The van der Waals surface area contributed by atoms with E-state index in [1.165, 1.54) is 24.4 Å². The third kappa shape index (κ3) is 2.73. The predicted octanol–water partition coefficient (Wildman–Crippen LogP) is 3.51. The van der Waals surface area contributed by atoms with Crippen molar-refractivity contribution >= 4 is 16.7 Å². The van der Waals surface area contributed by atoms with Crippen molar-refractivity contribution in [3.8, 4) is 0 Å². The van der Waals surface area contributed by atoms with Gasteiger partial charge in [-0.2, -0.15) is 4.37 Å². The molecule has 1 aromatic heterocycles. The molecule has 1 aliphatic carbocycles. The first-order chi connectivity index (χ1) is 7.49. The van der Waals surface area contributed by atoms with Gasteiger partial charge in [-0.3, -0.25) is 0 Å². The molecule has 0 atom stereocenters. The molecule has 1 fully saturated rings. The van der Waals surface area contributed by atoms with E-state index in [4.69, 9.17) is 0 Å². The van der Waals surface area contributed by atoms with E-state index in [0.29, 0.717) is 17.3 Å². The smallest absolute Gasteiger partial charge is 0.202 e. The molecule has 90 valence electrons. The molecule has 1 heterocycles. The lowest BCUT2D eigenvalue weighted by atomic mass is 9.81.